The second-order valence-corrected chi connectivity index (χ2v) is 4.35. The molecule has 1 aromatic carbocycles. The largest absolute Gasteiger partial charge is 0.508 e. The molecule has 1 aliphatic rings. The number of nitrogens with zero attached hydrogens (tertiary/aromatic N) is 1. The maximum absolute atomic E-state index is 12.3. The third-order valence-electron chi connectivity index (χ3n) is 3.18. The number of benzene rings is 1. The summed E-state index contributed by atoms with van der Waals surface area (Å²) >= 11 is 0. The van der Waals surface area contributed by atoms with Crippen molar-refractivity contribution in [3.63, 3.8) is 0 Å². The molecule has 2 aromatic rings. The third kappa shape index (κ3) is 1.62. The van der Waals surface area contributed by atoms with Gasteiger partial charge in [0.15, 0.2) is 0 Å². The van der Waals surface area contributed by atoms with Crippen molar-refractivity contribution < 1.29 is 9.84 Å². The summed E-state index contributed by atoms with van der Waals surface area (Å²) in [6.45, 7) is 0.941. The Bertz CT molecular complexity index is 710. The van der Waals surface area contributed by atoms with Gasteiger partial charge in [-0.25, -0.2) is 4.79 Å². The summed E-state index contributed by atoms with van der Waals surface area (Å²) in [6.07, 6.45) is 0.659. The highest BCUT2D eigenvalue weighted by Gasteiger charge is 2.22. The Kier molecular flexibility index (Phi) is 2.45. The van der Waals surface area contributed by atoms with Gasteiger partial charge in [-0.2, -0.15) is 0 Å². The van der Waals surface area contributed by atoms with Crippen molar-refractivity contribution in [2.24, 2.45) is 0 Å². The van der Waals surface area contributed by atoms with Crippen molar-refractivity contribution >= 4 is 10.9 Å². The summed E-state index contributed by atoms with van der Waals surface area (Å²) in [7, 11) is 0. The summed E-state index contributed by atoms with van der Waals surface area (Å²) in [5.74, 6) is 0.0134. The van der Waals surface area contributed by atoms with Crippen LogP contribution in [0.5, 0.6) is 5.75 Å². The molecular formula is C12H12N2O4. The maximum Gasteiger partial charge on any atom is 0.329 e. The molecule has 1 saturated heterocycles. The van der Waals surface area contributed by atoms with Crippen molar-refractivity contribution in [1.82, 2.24) is 9.55 Å². The average Bonchev–Trinajstić information content (AvgIpc) is 2.82. The molecule has 1 atom stereocenters. The molecule has 1 unspecified atom stereocenters. The Hall–Kier alpha value is -2.08. The first-order valence-corrected chi connectivity index (χ1v) is 5.72. The Balaban J connectivity index is 2.30. The molecule has 0 spiro atoms. The molecule has 2 heterocycles. The van der Waals surface area contributed by atoms with Crippen LogP contribution >= 0.6 is 0 Å². The molecule has 18 heavy (non-hydrogen) atoms. The van der Waals surface area contributed by atoms with Gasteiger partial charge in [-0.05, 0) is 18.6 Å². The fraction of sp³-hybridized carbons (Fsp3) is 0.333. The topological polar surface area (TPSA) is 84.3 Å². The van der Waals surface area contributed by atoms with E-state index in [4.69, 9.17) is 4.74 Å². The number of phenolic OH excluding ortho intramolecular Hbond substituents is 1. The van der Waals surface area contributed by atoms with E-state index in [1.165, 1.54) is 22.8 Å². The van der Waals surface area contributed by atoms with Crippen LogP contribution in [0.3, 0.4) is 0 Å². The molecule has 2 N–H and O–H groups in total. The van der Waals surface area contributed by atoms with E-state index >= 15 is 0 Å². The summed E-state index contributed by atoms with van der Waals surface area (Å²) in [5, 5.41) is 9.73. The zero-order valence-corrected chi connectivity index (χ0v) is 9.55. The standard InChI is InChI=1S/C12H12N2O4/c15-8-1-2-9-10(5-8)13-12(17)14(11(9)16)7-3-4-18-6-7/h1-2,5,7,15H,3-4,6H2,(H,13,17). The molecule has 6 nitrogen and oxygen atoms in total. The molecule has 0 amide bonds. The number of aromatic amines is 1. The lowest BCUT2D eigenvalue weighted by Gasteiger charge is -2.11. The van der Waals surface area contributed by atoms with Gasteiger partial charge in [0.2, 0.25) is 0 Å². The molecule has 0 aliphatic carbocycles. The van der Waals surface area contributed by atoms with Gasteiger partial charge in [0, 0.05) is 12.7 Å². The van der Waals surface area contributed by atoms with Crippen molar-refractivity contribution in [2.75, 3.05) is 13.2 Å². The highest BCUT2D eigenvalue weighted by atomic mass is 16.5. The molecule has 0 saturated carbocycles. The molecule has 0 radical (unpaired) electrons. The normalized spacial score (nSPS) is 19.4. The maximum atomic E-state index is 12.3. The van der Waals surface area contributed by atoms with Gasteiger partial charge in [0.25, 0.3) is 5.56 Å². The zero-order chi connectivity index (χ0) is 12.7. The van der Waals surface area contributed by atoms with Crippen LogP contribution in [0.15, 0.2) is 27.8 Å². The first-order chi connectivity index (χ1) is 8.66. The minimum atomic E-state index is -0.464. The van der Waals surface area contributed by atoms with Crippen LogP contribution in [0, 0.1) is 0 Å². The zero-order valence-electron chi connectivity index (χ0n) is 9.55. The van der Waals surface area contributed by atoms with Crippen molar-refractivity contribution in [3.8, 4) is 5.75 Å². The lowest BCUT2D eigenvalue weighted by molar-refractivity contribution is 0.185. The summed E-state index contributed by atoms with van der Waals surface area (Å²) in [6, 6.07) is 4.10. The number of ether oxygens (including phenoxy) is 1. The van der Waals surface area contributed by atoms with Crippen LogP contribution in [0.4, 0.5) is 0 Å². The van der Waals surface area contributed by atoms with Gasteiger partial charge in [0.05, 0.1) is 23.6 Å². The van der Waals surface area contributed by atoms with Gasteiger partial charge in [-0.3, -0.25) is 9.36 Å². The van der Waals surface area contributed by atoms with Crippen LogP contribution in [0.25, 0.3) is 10.9 Å². The smallest absolute Gasteiger partial charge is 0.329 e. The quantitative estimate of drug-likeness (QED) is 0.763. The van der Waals surface area contributed by atoms with Crippen molar-refractivity contribution in [1.29, 1.82) is 0 Å². The molecular weight excluding hydrogens is 236 g/mol. The second-order valence-electron chi connectivity index (χ2n) is 4.35. The first kappa shape index (κ1) is 11.0. The summed E-state index contributed by atoms with van der Waals surface area (Å²) in [5.41, 5.74) is -0.460. The number of nitrogens with one attached hydrogen (secondary N) is 1. The number of phenols is 1. The second kappa shape index (κ2) is 3.99. The molecule has 94 valence electrons. The SMILES string of the molecule is O=c1[nH]c2cc(O)ccc2c(=O)n1C1CCOC1. The van der Waals surface area contributed by atoms with Crippen LogP contribution < -0.4 is 11.2 Å². The molecule has 1 aromatic heterocycles. The van der Waals surface area contributed by atoms with Crippen LogP contribution in [-0.4, -0.2) is 27.9 Å². The number of rotatable bonds is 1. The highest BCUT2D eigenvalue weighted by Crippen LogP contribution is 2.17. The Labute approximate surface area is 101 Å². The van der Waals surface area contributed by atoms with E-state index < -0.39 is 5.69 Å². The fourth-order valence-corrected chi connectivity index (χ4v) is 2.28. The lowest BCUT2D eigenvalue weighted by Crippen LogP contribution is -2.38. The van der Waals surface area contributed by atoms with Gasteiger partial charge in [-0.1, -0.05) is 0 Å². The summed E-state index contributed by atoms with van der Waals surface area (Å²) in [4.78, 5) is 26.8. The molecule has 6 heteroatoms. The summed E-state index contributed by atoms with van der Waals surface area (Å²) < 4.78 is 6.40. The number of aromatic nitrogens is 2. The van der Waals surface area contributed by atoms with E-state index in [1.807, 2.05) is 0 Å². The highest BCUT2D eigenvalue weighted by molar-refractivity contribution is 5.78. The number of aromatic hydroxyl groups is 1. The number of hydrogen-bond acceptors (Lipinski definition) is 4. The van der Waals surface area contributed by atoms with Gasteiger partial charge >= 0.3 is 5.69 Å². The Morgan fingerprint density at radius 3 is 2.94 bits per heavy atom. The van der Waals surface area contributed by atoms with Crippen molar-refractivity contribution in [3.05, 3.63) is 39.0 Å². The van der Waals surface area contributed by atoms with Crippen LogP contribution in [0.1, 0.15) is 12.5 Å². The predicted octanol–water partition coefficient (Wildman–Crippen LogP) is 0.357. The van der Waals surface area contributed by atoms with E-state index in [1.54, 1.807) is 0 Å². The van der Waals surface area contributed by atoms with Crippen molar-refractivity contribution in [2.45, 2.75) is 12.5 Å². The van der Waals surface area contributed by atoms with Crippen LogP contribution in [0.2, 0.25) is 0 Å². The minimum Gasteiger partial charge on any atom is -0.508 e. The van der Waals surface area contributed by atoms with Crippen LogP contribution in [-0.2, 0) is 4.74 Å². The monoisotopic (exact) mass is 248 g/mol. The first-order valence-electron chi connectivity index (χ1n) is 5.72. The van der Waals surface area contributed by atoms with Gasteiger partial charge in [0.1, 0.15) is 5.75 Å². The van der Waals surface area contributed by atoms with E-state index in [0.717, 1.165) is 0 Å². The number of hydrogen-bond donors (Lipinski definition) is 2. The van der Waals surface area contributed by atoms with E-state index in [9.17, 15) is 14.7 Å². The molecule has 0 bridgehead atoms. The molecule has 1 aliphatic heterocycles. The predicted molar refractivity (Wildman–Crippen MR) is 65.0 cm³/mol. The Morgan fingerprint density at radius 1 is 1.39 bits per heavy atom. The molecule has 1 fully saturated rings. The van der Waals surface area contributed by atoms with Gasteiger partial charge in [-0.15, -0.1) is 0 Å². The minimum absolute atomic E-state index is 0.0134. The molecule has 3 rings (SSSR count). The number of H-pyrrole nitrogens is 1. The van der Waals surface area contributed by atoms with E-state index in [-0.39, 0.29) is 17.4 Å². The fourth-order valence-electron chi connectivity index (χ4n) is 2.28. The lowest BCUT2D eigenvalue weighted by atomic mass is 10.2. The van der Waals surface area contributed by atoms with E-state index in [2.05, 4.69) is 4.98 Å². The Morgan fingerprint density at radius 2 is 2.22 bits per heavy atom. The number of fused-ring (bicyclic) bond motifs is 1. The van der Waals surface area contributed by atoms with Gasteiger partial charge < -0.3 is 14.8 Å². The third-order valence-corrected chi connectivity index (χ3v) is 3.18. The average molecular weight is 248 g/mol. The van der Waals surface area contributed by atoms with E-state index in [0.29, 0.717) is 30.5 Å².